The van der Waals surface area contributed by atoms with Gasteiger partial charge < -0.3 is 33.2 Å². The fourth-order valence-corrected chi connectivity index (χ4v) is 39.8. The van der Waals surface area contributed by atoms with Crippen molar-refractivity contribution in [1.82, 2.24) is 0 Å². The summed E-state index contributed by atoms with van der Waals surface area (Å²) in [5.41, 5.74) is -2.72. The van der Waals surface area contributed by atoms with Crippen molar-refractivity contribution in [3.05, 3.63) is 0 Å². The minimum Gasteiger partial charge on any atom is -0.459 e. The molecule has 0 heterocycles. The molecule has 812 valence electrons. The van der Waals surface area contributed by atoms with E-state index in [1.165, 1.54) is 167 Å². The van der Waals surface area contributed by atoms with Gasteiger partial charge in [-0.15, -0.1) is 0 Å². The molecule has 0 N–H and O–H groups in total. The molecular weight excluding hydrogens is 1770 g/mol. The molecule has 0 aliphatic heterocycles. The first-order chi connectivity index (χ1) is 67.4. The van der Waals surface area contributed by atoms with Gasteiger partial charge in [-0.05, 0) is 537 Å². The Balaban J connectivity index is 0.000000115. The predicted molar refractivity (Wildman–Crippen MR) is 571 cm³/mol. The molecule has 23 rings (SSSR count). The summed E-state index contributed by atoms with van der Waals surface area (Å²) in [7, 11) is 0. The van der Waals surface area contributed by atoms with Gasteiger partial charge >= 0.3 is 41.8 Å². The highest BCUT2D eigenvalue weighted by Crippen LogP contribution is 2.77. The van der Waals surface area contributed by atoms with Gasteiger partial charge in [0, 0.05) is 29.6 Å². The van der Waals surface area contributed by atoms with E-state index in [9.17, 15) is 33.6 Å². The first kappa shape index (κ1) is 110. The maximum atomic E-state index is 13.0. The zero-order chi connectivity index (χ0) is 103. The van der Waals surface area contributed by atoms with Crippen LogP contribution in [-0.2, 0) is 66.7 Å². The average molecular weight is 1990 g/mol. The van der Waals surface area contributed by atoms with Crippen molar-refractivity contribution in [1.29, 1.82) is 0 Å². The van der Waals surface area contributed by atoms with Crippen LogP contribution in [0.25, 0.3) is 0 Å². The molecule has 143 heavy (non-hydrogen) atoms. The Morgan fingerprint density at radius 1 is 0.266 bits per heavy atom. The zero-order valence-corrected chi connectivity index (χ0v) is 96.7. The predicted octanol–water partition coefficient (Wildman–Crippen LogP) is 31.7. The van der Waals surface area contributed by atoms with Crippen molar-refractivity contribution in [3.63, 3.8) is 0 Å². The van der Waals surface area contributed by atoms with Crippen LogP contribution < -0.4 is 0 Å². The summed E-state index contributed by atoms with van der Waals surface area (Å²) in [5.74, 6) is 29.2. The van der Waals surface area contributed by atoms with E-state index >= 15 is 0 Å². The van der Waals surface area contributed by atoms with E-state index < -0.39 is 0 Å². The summed E-state index contributed by atoms with van der Waals surface area (Å²) >= 11 is 0. The smallest absolute Gasteiger partial charge is 0.312 e. The van der Waals surface area contributed by atoms with E-state index in [0.717, 1.165) is 264 Å². The molecule has 22 bridgehead atoms. The number of rotatable bonds is 28. The van der Waals surface area contributed by atoms with Gasteiger partial charge in [0.15, 0.2) is 0 Å². The first-order valence-electron chi connectivity index (χ1n) is 62.0. The number of fused-ring (bicyclic) bond motifs is 45. The Labute approximate surface area is 871 Å². The van der Waals surface area contributed by atoms with Crippen molar-refractivity contribution < 1.29 is 66.7 Å². The summed E-state index contributed by atoms with van der Waals surface area (Å²) in [6.07, 6.45) is 54.5. The van der Waals surface area contributed by atoms with E-state index in [0.29, 0.717) is 59.2 Å². The summed E-state index contributed by atoms with van der Waals surface area (Å²) in [6, 6.07) is 0. The van der Waals surface area contributed by atoms with Gasteiger partial charge in [0.05, 0.1) is 38.9 Å². The standard InChI is InChI=1S/C22H36O2.C21H34O2.C20H32O2.C20H34O2.C19H30O2.C14H24O2.C13H22O2/c1-6-13(3)22(24-20(23)21(4,5)7-2)12-16-11-17(22)19-15-9-8-14(10-15)18(16)19;1-6-20(4,5)19(22)23-21(12(2)3)11-15-10-16(21)18-14-8-7-13(9-14)17(15)18;1-5-19(3,4)18(21)22-20(6-2)11-14-10-15(20)17-13-8-7-12(9-13)16(14)17;1-6-13(3)20(22-18(21)19(4,5)7-2)12-14-11-17(20)16-10-8-9-15(14)16;1-5-18(2,3)17(20)21-19(4)10-13-9-14(19)16-12-7-6-11(8-12)15(13)16;1-4-10(3)13(15)16-14(5-2)9-11-6-7-12(14)8-11;1-4-9(2)12(14)15-13(3)8-10-5-6-11(13)7-10/h13-19H,6-12H2,1-5H3;12-18H,6-11H2,1-5H3;12-17H,5-11H2,1-4H3;13-17H,6-12H2,1-5H3;11-16H,5-10H2,1-4H3;10-12H,4-9H2,1-3H3;9-11H,4-8H2,1-3H3. The third-order valence-electron chi connectivity index (χ3n) is 50.5. The molecule has 0 radical (unpaired) electrons. The van der Waals surface area contributed by atoms with E-state index in [1.807, 2.05) is 96.9 Å². The zero-order valence-electron chi connectivity index (χ0n) is 96.7. The van der Waals surface area contributed by atoms with Gasteiger partial charge in [-0.1, -0.05) is 124 Å². The number of ether oxygens (including phenoxy) is 7. The van der Waals surface area contributed by atoms with E-state index in [-0.39, 0.29) is 120 Å². The van der Waals surface area contributed by atoms with Gasteiger partial charge in [-0.2, -0.15) is 0 Å². The highest BCUT2D eigenvalue weighted by molar-refractivity contribution is 5.79. The highest BCUT2D eigenvalue weighted by atomic mass is 16.6. The van der Waals surface area contributed by atoms with Crippen LogP contribution in [0.5, 0.6) is 0 Å². The first-order valence-corrected chi connectivity index (χ1v) is 62.0. The molecule has 0 aromatic heterocycles. The van der Waals surface area contributed by atoms with Gasteiger partial charge in [0.25, 0.3) is 0 Å². The summed E-state index contributed by atoms with van der Waals surface area (Å²) in [5, 5.41) is 0. The van der Waals surface area contributed by atoms with Crippen molar-refractivity contribution in [2.75, 3.05) is 0 Å². The molecule has 0 amide bonds. The molecule has 0 saturated heterocycles. The third kappa shape index (κ3) is 19.3. The van der Waals surface area contributed by atoms with Crippen LogP contribution in [0.2, 0.25) is 0 Å². The molecule has 23 fully saturated rings. The monoisotopic (exact) mass is 1990 g/mol. The Kier molecular flexibility index (Phi) is 31.9. The van der Waals surface area contributed by atoms with Crippen LogP contribution in [0.1, 0.15) is 483 Å². The van der Waals surface area contributed by atoms with Crippen LogP contribution in [0.3, 0.4) is 0 Å². The molecule has 14 heteroatoms. The highest BCUT2D eigenvalue weighted by Gasteiger charge is 2.75. The van der Waals surface area contributed by atoms with Crippen molar-refractivity contribution >= 4 is 41.8 Å². The molecule has 14 nitrogen and oxygen atoms in total. The average Bonchev–Trinajstić information content (AvgIpc) is 1.53. The van der Waals surface area contributed by atoms with Crippen LogP contribution >= 0.6 is 0 Å². The van der Waals surface area contributed by atoms with Crippen LogP contribution in [-0.4, -0.2) is 81.0 Å². The number of hydrogen-bond acceptors (Lipinski definition) is 14. The van der Waals surface area contributed by atoms with Crippen LogP contribution in [0.15, 0.2) is 0 Å². The maximum Gasteiger partial charge on any atom is 0.312 e. The minimum atomic E-state index is -0.351. The number of carbonyl (C=O) groups excluding carboxylic acids is 7. The lowest BCUT2D eigenvalue weighted by atomic mass is 9.62. The van der Waals surface area contributed by atoms with Crippen LogP contribution in [0, 0.1) is 246 Å². The van der Waals surface area contributed by atoms with Gasteiger partial charge in [0.1, 0.15) is 39.2 Å². The molecule has 23 saturated carbocycles. The van der Waals surface area contributed by atoms with Crippen molar-refractivity contribution in [3.8, 4) is 0 Å². The Morgan fingerprint density at radius 3 is 1.00 bits per heavy atom. The second kappa shape index (κ2) is 41.3. The summed E-state index contributed by atoms with van der Waals surface area (Å²) in [4.78, 5) is 87.7. The maximum absolute atomic E-state index is 13.0. The molecule has 43 atom stereocenters. The largest absolute Gasteiger partial charge is 0.459 e. The SMILES string of the molecule is CCC(C)(C)C(=O)OC1(C(C)C)CC2CC1C1C3CCC(C3)C21.CCC(C)(C)C(=O)OC1(C)CC2CC1C1C3CCC(C3)C21.CCC(C)(C)C(=O)OC1(CC)CC2CC1C1C3CCC(C3)C21.CCC(C)C(=O)OC1(C)CC2CCC1C2.CCC(C)C(=O)OC1(CC)CC2CCC1C2.CCC(C)C1(OC(=O)C(C)(C)CC)CC2CC1C1C3CCC(C3)C21.CCC(C)C1(OC(=O)C(C)(C)CC)CC2CC1C1CCCC21. The Hall–Kier alpha value is -3.71. The molecule has 23 aliphatic rings. The fraction of sp³-hybridized carbons (Fsp3) is 0.946. The minimum absolute atomic E-state index is 0.00699. The van der Waals surface area contributed by atoms with Gasteiger partial charge in [-0.3, -0.25) is 33.6 Å². The summed E-state index contributed by atoms with van der Waals surface area (Å²) < 4.78 is 43.5. The second-order valence-corrected chi connectivity index (χ2v) is 59.1. The molecule has 0 aromatic rings. The second-order valence-electron chi connectivity index (χ2n) is 59.1. The molecular formula is C129H212O14. The molecule has 0 spiro atoms. The van der Waals surface area contributed by atoms with Crippen LogP contribution in [0.4, 0.5) is 0 Å². The van der Waals surface area contributed by atoms with Gasteiger partial charge in [0.2, 0.25) is 0 Å². The number of hydrogen-bond donors (Lipinski definition) is 0. The number of carbonyl (C=O) groups is 7. The molecule has 0 aromatic carbocycles. The normalized spacial score (nSPS) is 45.4. The Bertz CT molecular complexity index is 4490. The quantitative estimate of drug-likeness (QED) is 0.0409. The third-order valence-corrected chi connectivity index (χ3v) is 50.5. The fourth-order valence-electron chi connectivity index (χ4n) is 39.8. The lowest BCUT2D eigenvalue weighted by molar-refractivity contribution is -0.192. The number of esters is 7. The van der Waals surface area contributed by atoms with E-state index in [4.69, 9.17) is 33.2 Å². The molecule has 23 aliphatic carbocycles. The topological polar surface area (TPSA) is 184 Å². The lowest BCUT2D eigenvalue weighted by Crippen LogP contribution is -2.53. The molecule has 43 unspecified atom stereocenters. The lowest BCUT2D eigenvalue weighted by Gasteiger charge is -2.49. The summed E-state index contributed by atoms with van der Waals surface area (Å²) in [6.45, 7) is 61.4. The van der Waals surface area contributed by atoms with Crippen molar-refractivity contribution in [2.24, 2.45) is 246 Å². The Morgan fingerprint density at radius 2 is 0.601 bits per heavy atom. The van der Waals surface area contributed by atoms with Crippen molar-refractivity contribution in [2.45, 2.75) is 523 Å². The van der Waals surface area contributed by atoms with E-state index in [1.54, 1.807) is 0 Å². The van der Waals surface area contributed by atoms with Gasteiger partial charge in [-0.25, -0.2) is 0 Å². The van der Waals surface area contributed by atoms with E-state index in [2.05, 4.69) is 104 Å².